The zero-order chi connectivity index (χ0) is 16.6. The molecule has 6 nitrogen and oxygen atoms in total. The lowest BCUT2D eigenvalue weighted by molar-refractivity contribution is -0.384. The molecule has 2 aromatic rings. The highest BCUT2D eigenvalue weighted by atomic mass is 16.6. The van der Waals surface area contributed by atoms with Crippen molar-refractivity contribution in [3.05, 3.63) is 76.9 Å². The summed E-state index contributed by atoms with van der Waals surface area (Å²) in [7, 11) is 0. The number of fused-ring (bicyclic) bond motifs is 1. The highest BCUT2D eigenvalue weighted by Crippen LogP contribution is 2.37. The van der Waals surface area contributed by atoms with Gasteiger partial charge in [-0.25, -0.2) is 0 Å². The molecule has 1 aliphatic rings. The van der Waals surface area contributed by atoms with Crippen LogP contribution < -0.4 is 9.64 Å². The van der Waals surface area contributed by atoms with Crippen LogP contribution in [0, 0.1) is 10.1 Å². The first kappa shape index (κ1) is 14.8. The first-order valence-electron chi connectivity index (χ1n) is 6.97. The quantitative estimate of drug-likeness (QED) is 0.494. The van der Waals surface area contributed by atoms with Gasteiger partial charge >= 0.3 is 0 Å². The topological polar surface area (TPSA) is 72.7 Å². The fourth-order valence-electron chi connectivity index (χ4n) is 2.55. The lowest BCUT2D eigenvalue weighted by Crippen LogP contribution is -2.55. The molecule has 23 heavy (non-hydrogen) atoms. The average Bonchev–Trinajstić information content (AvgIpc) is 2.55. The van der Waals surface area contributed by atoms with Gasteiger partial charge in [0.2, 0.25) is 5.72 Å². The summed E-state index contributed by atoms with van der Waals surface area (Å²) < 4.78 is 5.94. The molecule has 1 heterocycles. The van der Waals surface area contributed by atoms with Crippen molar-refractivity contribution in [3.8, 4) is 5.75 Å². The number of ether oxygens (including phenoxy) is 1. The maximum Gasteiger partial charge on any atom is 0.269 e. The van der Waals surface area contributed by atoms with Crippen molar-refractivity contribution in [3.63, 3.8) is 0 Å². The summed E-state index contributed by atoms with van der Waals surface area (Å²) >= 11 is 0. The second kappa shape index (κ2) is 5.24. The molecule has 3 rings (SSSR count). The van der Waals surface area contributed by atoms with Crippen molar-refractivity contribution in [2.75, 3.05) is 4.90 Å². The first-order valence-corrected chi connectivity index (χ1v) is 6.97. The monoisotopic (exact) mass is 310 g/mol. The molecule has 1 amide bonds. The molecular formula is C17H14N2O4. The van der Waals surface area contributed by atoms with Crippen molar-refractivity contribution in [1.82, 2.24) is 0 Å². The predicted molar refractivity (Wildman–Crippen MR) is 85.6 cm³/mol. The largest absolute Gasteiger partial charge is 0.463 e. The van der Waals surface area contributed by atoms with Crippen molar-refractivity contribution in [1.29, 1.82) is 0 Å². The van der Waals surface area contributed by atoms with Gasteiger partial charge in [0, 0.05) is 17.8 Å². The number of benzene rings is 2. The number of rotatable bonds is 3. The Labute approximate surface area is 132 Å². The number of amides is 1. The Bertz CT molecular complexity index is 800. The van der Waals surface area contributed by atoms with Gasteiger partial charge in [-0.05, 0) is 37.3 Å². The Morgan fingerprint density at radius 1 is 1.22 bits per heavy atom. The third-order valence-corrected chi connectivity index (χ3v) is 3.78. The van der Waals surface area contributed by atoms with E-state index in [1.54, 1.807) is 31.2 Å². The molecule has 0 N–H and O–H groups in total. The van der Waals surface area contributed by atoms with Crippen molar-refractivity contribution in [2.45, 2.75) is 12.6 Å². The van der Waals surface area contributed by atoms with E-state index in [0.29, 0.717) is 17.0 Å². The van der Waals surface area contributed by atoms with E-state index in [1.165, 1.54) is 35.2 Å². The maximum atomic E-state index is 12.9. The Hall–Kier alpha value is -3.15. The van der Waals surface area contributed by atoms with Gasteiger partial charge < -0.3 is 4.74 Å². The van der Waals surface area contributed by atoms with Crippen LogP contribution in [0.2, 0.25) is 0 Å². The van der Waals surface area contributed by atoms with Crippen molar-refractivity contribution in [2.24, 2.45) is 0 Å². The van der Waals surface area contributed by atoms with Crippen LogP contribution in [-0.4, -0.2) is 16.6 Å². The minimum absolute atomic E-state index is 0.0418. The minimum atomic E-state index is -1.08. The number of non-ortho nitro benzene ring substituents is 1. The number of nitro benzene ring substituents is 1. The lowest BCUT2D eigenvalue weighted by Gasteiger charge is -2.43. The van der Waals surface area contributed by atoms with E-state index in [-0.39, 0.29) is 11.6 Å². The molecular weight excluding hydrogens is 296 g/mol. The zero-order valence-corrected chi connectivity index (χ0v) is 12.4. The summed E-state index contributed by atoms with van der Waals surface area (Å²) in [5, 5.41) is 10.8. The third-order valence-electron chi connectivity index (χ3n) is 3.78. The first-order chi connectivity index (χ1) is 11.0. The number of carbonyl (C=O) groups excluding carboxylic acids is 1. The van der Waals surface area contributed by atoms with Crippen LogP contribution in [0.1, 0.15) is 17.3 Å². The van der Waals surface area contributed by atoms with Gasteiger partial charge in [0.15, 0.2) is 0 Å². The van der Waals surface area contributed by atoms with Crippen LogP contribution >= 0.6 is 0 Å². The molecule has 116 valence electrons. The van der Waals surface area contributed by atoms with E-state index in [9.17, 15) is 14.9 Å². The Balaban J connectivity index is 2.10. The van der Waals surface area contributed by atoms with E-state index in [2.05, 4.69) is 6.58 Å². The number of nitrogens with zero attached hydrogens (tertiary/aromatic N) is 2. The fourth-order valence-corrected chi connectivity index (χ4v) is 2.55. The summed E-state index contributed by atoms with van der Waals surface area (Å²) in [5.74, 6) is 0.237. The molecule has 0 radical (unpaired) electrons. The Morgan fingerprint density at radius 3 is 2.48 bits per heavy atom. The third kappa shape index (κ3) is 2.34. The predicted octanol–water partition coefficient (Wildman–Crippen LogP) is 3.54. The summed E-state index contributed by atoms with van der Waals surface area (Å²) in [6, 6.07) is 12.7. The van der Waals surface area contributed by atoms with E-state index >= 15 is 0 Å². The summed E-state index contributed by atoms with van der Waals surface area (Å²) in [6.07, 6.45) is 1.53. The summed E-state index contributed by atoms with van der Waals surface area (Å²) in [4.78, 5) is 24.6. The van der Waals surface area contributed by atoms with Gasteiger partial charge in [-0.3, -0.25) is 19.8 Å². The molecule has 1 aliphatic heterocycles. The molecule has 0 aromatic heterocycles. The molecule has 6 heteroatoms. The number of para-hydroxylation sites is 1. The van der Waals surface area contributed by atoms with Crippen molar-refractivity contribution >= 4 is 17.3 Å². The number of carbonyl (C=O) groups is 1. The molecule has 0 aliphatic carbocycles. The second-order valence-electron chi connectivity index (χ2n) is 5.27. The second-order valence-corrected chi connectivity index (χ2v) is 5.27. The number of hydrogen-bond donors (Lipinski definition) is 0. The van der Waals surface area contributed by atoms with Gasteiger partial charge in [0.05, 0.1) is 10.5 Å². The molecule has 0 fully saturated rings. The lowest BCUT2D eigenvalue weighted by atomic mass is 10.0. The van der Waals surface area contributed by atoms with Crippen molar-refractivity contribution < 1.29 is 14.5 Å². The van der Waals surface area contributed by atoms with E-state index in [4.69, 9.17) is 4.74 Å². The van der Waals surface area contributed by atoms with Gasteiger partial charge in [-0.15, -0.1) is 0 Å². The SMILES string of the molecule is C=CC1(C)Oc2ccccc2C(=O)N1c1ccc([N+](=O)[O-])cc1. The van der Waals surface area contributed by atoms with Crippen LogP contribution in [0.5, 0.6) is 5.75 Å². The Kier molecular flexibility index (Phi) is 3.37. The normalized spacial score (nSPS) is 19.7. The number of hydrogen-bond acceptors (Lipinski definition) is 4. The average molecular weight is 310 g/mol. The highest BCUT2D eigenvalue weighted by molar-refractivity contribution is 6.10. The molecule has 2 aromatic carbocycles. The molecule has 1 atom stereocenters. The molecule has 0 spiro atoms. The van der Waals surface area contributed by atoms with Gasteiger partial charge in [0.1, 0.15) is 5.75 Å². The molecule has 1 unspecified atom stereocenters. The number of anilines is 1. The van der Waals surface area contributed by atoms with Gasteiger partial charge in [-0.2, -0.15) is 0 Å². The van der Waals surface area contributed by atoms with Crippen LogP contribution in [0.25, 0.3) is 0 Å². The summed E-state index contributed by atoms with van der Waals surface area (Å²) in [5.41, 5.74) is -0.191. The van der Waals surface area contributed by atoms with E-state index in [1.807, 2.05) is 0 Å². The standard InChI is InChI=1S/C17H14N2O4/c1-3-17(2)18(12-8-10-13(11-9-12)19(21)22)16(20)14-6-4-5-7-15(14)23-17/h3-11H,1H2,2H3. The Morgan fingerprint density at radius 2 is 1.87 bits per heavy atom. The smallest absolute Gasteiger partial charge is 0.269 e. The number of nitro groups is 1. The van der Waals surface area contributed by atoms with Crippen LogP contribution in [-0.2, 0) is 0 Å². The van der Waals surface area contributed by atoms with Gasteiger partial charge in [-0.1, -0.05) is 18.7 Å². The van der Waals surface area contributed by atoms with Gasteiger partial charge in [0.25, 0.3) is 11.6 Å². The molecule has 0 saturated carbocycles. The van der Waals surface area contributed by atoms with Crippen LogP contribution in [0.15, 0.2) is 61.2 Å². The minimum Gasteiger partial charge on any atom is -0.463 e. The summed E-state index contributed by atoms with van der Waals surface area (Å²) in [6.45, 7) is 5.48. The van der Waals surface area contributed by atoms with Crippen LogP contribution in [0.3, 0.4) is 0 Å². The van der Waals surface area contributed by atoms with E-state index in [0.717, 1.165) is 0 Å². The highest BCUT2D eigenvalue weighted by Gasteiger charge is 2.42. The zero-order valence-electron chi connectivity index (χ0n) is 12.4. The van der Waals surface area contributed by atoms with E-state index < -0.39 is 10.6 Å². The molecule has 0 saturated heterocycles. The fraction of sp³-hybridized carbons (Fsp3) is 0.118. The maximum absolute atomic E-state index is 12.9. The van der Waals surface area contributed by atoms with Crippen LogP contribution in [0.4, 0.5) is 11.4 Å². The molecule has 0 bridgehead atoms.